The number of hydrogen-bond acceptors (Lipinski definition) is 4. The van der Waals surface area contributed by atoms with Crippen LogP contribution in [-0.4, -0.2) is 52.0 Å². The summed E-state index contributed by atoms with van der Waals surface area (Å²) in [7, 11) is 3.67. The highest BCUT2D eigenvalue weighted by Gasteiger charge is 2.30. The number of piperidine rings is 1. The van der Waals surface area contributed by atoms with Crippen molar-refractivity contribution in [1.82, 2.24) is 4.31 Å². The van der Waals surface area contributed by atoms with Crippen molar-refractivity contribution in [3.05, 3.63) is 18.2 Å². The molecule has 0 bridgehead atoms. The lowest BCUT2D eigenvalue weighted by atomic mass is 9.96. The average Bonchev–Trinajstić information content (AvgIpc) is 2.41. The molecule has 0 spiro atoms. The fraction of sp³-hybridized carbons (Fsp3) is 0.500. The largest absolute Gasteiger partial charge is 0.508 e. The molecule has 2 rings (SSSR count). The summed E-state index contributed by atoms with van der Waals surface area (Å²) in [5.41, 5.74) is 0.145. The Bertz CT molecular complexity index is 553. The normalized spacial score (nSPS) is 18.6. The number of ether oxygens (including phenoxy) is 1. The highest BCUT2D eigenvalue weighted by molar-refractivity contribution is 7.89. The molecule has 1 fully saturated rings. The summed E-state index contributed by atoms with van der Waals surface area (Å²) in [6.07, 6.45) is 1.43. The van der Waals surface area contributed by atoms with Gasteiger partial charge in [-0.25, -0.2) is 8.42 Å². The lowest BCUT2D eigenvalue weighted by Gasteiger charge is -2.30. The van der Waals surface area contributed by atoms with Crippen LogP contribution in [0.15, 0.2) is 23.1 Å². The van der Waals surface area contributed by atoms with E-state index < -0.39 is 10.0 Å². The Morgan fingerprint density at radius 1 is 1.37 bits per heavy atom. The molecule has 1 aliphatic rings. The van der Waals surface area contributed by atoms with Crippen molar-refractivity contribution in [2.75, 3.05) is 20.2 Å². The summed E-state index contributed by atoms with van der Waals surface area (Å²) in [5, 5.41) is 9.42. The fourth-order valence-corrected chi connectivity index (χ4v) is 3.80. The van der Waals surface area contributed by atoms with Crippen molar-refractivity contribution in [1.29, 1.82) is 0 Å². The smallest absolute Gasteiger partial charge is 0.242 e. The molecule has 102 valence electrons. The molecule has 1 aliphatic heterocycles. The summed E-state index contributed by atoms with van der Waals surface area (Å²) < 4.78 is 31.5. The number of phenols is 1. The zero-order valence-corrected chi connectivity index (χ0v) is 11.6. The quantitative estimate of drug-likeness (QED) is 0.791. The highest BCUT2D eigenvalue weighted by Crippen LogP contribution is 2.22. The maximum Gasteiger partial charge on any atom is 0.242 e. The second-order valence-corrected chi connectivity index (χ2v) is 6.47. The Morgan fingerprint density at radius 2 is 2.00 bits per heavy atom. The summed E-state index contributed by atoms with van der Waals surface area (Å²) in [6.45, 7) is 0.797. The van der Waals surface area contributed by atoms with Crippen LogP contribution in [0, 0.1) is 0 Å². The van der Waals surface area contributed by atoms with E-state index in [2.05, 4.69) is 0 Å². The van der Waals surface area contributed by atoms with Crippen molar-refractivity contribution < 1.29 is 18.3 Å². The van der Waals surface area contributed by atoms with Crippen LogP contribution in [0.4, 0.5) is 0 Å². The lowest BCUT2D eigenvalue weighted by molar-refractivity contribution is 0.0604. The highest BCUT2D eigenvalue weighted by atomic mass is 32.2. The van der Waals surface area contributed by atoms with Gasteiger partial charge in [0.25, 0.3) is 0 Å². The van der Waals surface area contributed by atoms with Crippen molar-refractivity contribution in [2.45, 2.75) is 23.8 Å². The standard InChI is InChI=1S/C12H16BNO4S/c1-18-10-4-6-14(7-5-10)19(16,17)12-8-9(15)2-3-11(12)13/h2-3,8,10,15H,4-7H2,1H3. The predicted octanol–water partition coefficient (Wildman–Crippen LogP) is -0.0145. The maximum atomic E-state index is 12.4. The molecular formula is C12H16BNO4S. The van der Waals surface area contributed by atoms with E-state index in [9.17, 15) is 13.5 Å². The van der Waals surface area contributed by atoms with Crippen LogP contribution in [0.1, 0.15) is 12.8 Å². The van der Waals surface area contributed by atoms with Crippen molar-refractivity contribution >= 4 is 23.3 Å². The predicted molar refractivity (Wildman–Crippen MR) is 72.3 cm³/mol. The van der Waals surface area contributed by atoms with Gasteiger partial charge >= 0.3 is 0 Å². The number of aromatic hydroxyl groups is 1. The minimum atomic E-state index is -3.65. The van der Waals surface area contributed by atoms with Crippen LogP contribution >= 0.6 is 0 Å². The molecule has 5 nitrogen and oxygen atoms in total. The third-order valence-corrected chi connectivity index (χ3v) is 5.30. The van der Waals surface area contributed by atoms with Crippen LogP contribution < -0.4 is 5.46 Å². The first-order valence-electron chi connectivity index (χ1n) is 6.06. The minimum absolute atomic E-state index is 0.0385. The number of methoxy groups -OCH3 is 1. The minimum Gasteiger partial charge on any atom is -0.508 e. The van der Waals surface area contributed by atoms with Crippen LogP contribution in [0.25, 0.3) is 0 Å². The topological polar surface area (TPSA) is 66.8 Å². The van der Waals surface area contributed by atoms with E-state index in [4.69, 9.17) is 12.6 Å². The van der Waals surface area contributed by atoms with Crippen molar-refractivity contribution in [2.24, 2.45) is 0 Å². The number of phenolic OH excluding ortho intramolecular Hbond substituents is 1. The molecule has 7 heteroatoms. The average molecular weight is 281 g/mol. The zero-order chi connectivity index (χ0) is 14.0. The van der Waals surface area contributed by atoms with Gasteiger partial charge in [-0.1, -0.05) is 11.5 Å². The molecule has 1 heterocycles. The first-order chi connectivity index (χ1) is 8.95. The fourth-order valence-electron chi connectivity index (χ4n) is 2.19. The molecule has 2 radical (unpaired) electrons. The number of benzene rings is 1. The number of nitrogens with zero attached hydrogens (tertiary/aromatic N) is 1. The molecule has 1 aromatic carbocycles. The Morgan fingerprint density at radius 3 is 2.58 bits per heavy atom. The van der Waals surface area contributed by atoms with E-state index in [1.54, 1.807) is 7.11 Å². The third-order valence-electron chi connectivity index (χ3n) is 3.35. The summed E-state index contributed by atoms with van der Waals surface area (Å²) in [5.74, 6) is -0.112. The number of rotatable bonds is 3. The summed E-state index contributed by atoms with van der Waals surface area (Å²) in [6, 6.07) is 3.95. The molecule has 1 aromatic rings. The van der Waals surface area contributed by atoms with Gasteiger partial charge < -0.3 is 9.84 Å². The molecule has 1 saturated heterocycles. The van der Waals surface area contributed by atoms with E-state index in [1.165, 1.54) is 22.5 Å². The number of hydrogen-bond donors (Lipinski definition) is 1. The third kappa shape index (κ3) is 2.93. The SMILES string of the molecule is [B]c1ccc(O)cc1S(=O)(=O)N1CCC(OC)CC1. The van der Waals surface area contributed by atoms with Crippen LogP contribution in [-0.2, 0) is 14.8 Å². The van der Waals surface area contributed by atoms with Gasteiger partial charge in [0, 0.05) is 20.2 Å². The van der Waals surface area contributed by atoms with Gasteiger partial charge in [0.05, 0.1) is 11.0 Å². The van der Waals surface area contributed by atoms with E-state index in [0.717, 1.165) is 0 Å². The molecule has 0 saturated carbocycles. The maximum absolute atomic E-state index is 12.4. The Kier molecular flexibility index (Phi) is 4.18. The van der Waals surface area contributed by atoms with Gasteiger partial charge in [0.2, 0.25) is 10.0 Å². The molecule has 1 N–H and O–H groups in total. The van der Waals surface area contributed by atoms with Crippen LogP contribution in [0.5, 0.6) is 5.75 Å². The zero-order valence-electron chi connectivity index (χ0n) is 10.7. The van der Waals surface area contributed by atoms with Gasteiger partial charge in [-0.15, -0.1) is 0 Å². The van der Waals surface area contributed by atoms with Gasteiger partial charge in [-0.2, -0.15) is 4.31 Å². The lowest BCUT2D eigenvalue weighted by Crippen LogP contribution is -2.41. The second-order valence-electron chi connectivity index (χ2n) is 4.56. The molecule has 0 unspecified atom stereocenters. The summed E-state index contributed by atoms with van der Waals surface area (Å²) >= 11 is 0. The number of sulfonamides is 1. The van der Waals surface area contributed by atoms with E-state index in [0.29, 0.717) is 25.9 Å². The molecule has 0 aromatic heterocycles. The molecule has 0 aliphatic carbocycles. The first kappa shape index (κ1) is 14.4. The van der Waals surface area contributed by atoms with E-state index >= 15 is 0 Å². The second kappa shape index (κ2) is 5.52. The Balaban J connectivity index is 2.26. The first-order valence-corrected chi connectivity index (χ1v) is 7.50. The monoisotopic (exact) mass is 281 g/mol. The van der Waals surface area contributed by atoms with E-state index in [-0.39, 0.29) is 22.2 Å². The molecular weight excluding hydrogens is 265 g/mol. The molecule has 0 amide bonds. The molecule has 0 atom stereocenters. The van der Waals surface area contributed by atoms with Gasteiger partial charge in [0.15, 0.2) is 0 Å². The van der Waals surface area contributed by atoms with Crippen molar-refractivity contribution in [3.63, 3.8) is 0 Å². The molecule has 19 heavy (non-hydrogen) atoms. The van der Waals surface area contributed by atoms with Gasteiger partial charge in [-0.3, -0.25) is 0 Å². The Labute approximate surface area is 114 Å². The van der Waals surface area contributed by atoms with E-state index in [1.807, 2.05) is 0 Å². The Hall–Kier alpha value is -1.05. The van der Waals surface area contributed by atoms with Gasteiger partial charge in [0.1, 0.15) is 13.6 Å². The van der Waals surface area contributed by atoms with Gasteiger partial charge in [-0.05, 0) is 25.0 Å². The van der Waals surface area contributed by atoms with Crippen LogP contribution in [0.3, 0.4) is 0 Å². The summed E-state index contributed by atoms with van der Waals surface area (Å²) in [4.78, 5) is -0.0385. The van der Waals surface area contributed by atoms with Crippen LogP contribution in [0.2, 0.25) is 0 Å². The van der Waals surface area contributed by atoms with Crippen molar-refractivity contribution in [3.8, 4) is 5.75 Å².